The standard InChI is InChI=1S/C18H23BrN2O5/c1-9(2)8-26-17(23)14-10(3)21(4)18(24)20-15(14)11-6-12(19)16(22)13(7-11)25-5/h6-7,9,15,22H,8H2,1-5H3,(H,20,24). The molecule has 2 amide bonds. The van der Waals surface area contributed by atoms with E-state index in [0.717, 1.165) is 0 Å². The summed E-state index contributed by atoms with van der Waals surface area (Å²) in [5, 5.41) is 12.8. The molecule has 0 spiro atoms. The molecule has 142 valence electrons. The van der Waals surface area contributed by atoms with Gasteiger partial charge in [-0.2, -0.15) is 0 Å². The zero-order valence-corrected chi connectivity index (χ0v) is 17.0. The number of nitrogens with one attached hydrogen (secondary N) is 1. The number of halogens is 1. The zero-order chi connectivity index (χ0) is 19.6. The number of esters is 1. The van der Waals surface area contributed by atoms with E-state index in [4.69, 9.17) is 9.47 Å². The van der Waals surface area contributed by atoms with Gasteiger partial charge < -0.3 is 24.8 Å². The summed E-state index contributed by atoms with van der Waals surface area (Å²) in [6, 6.07) is 2.16. The number of nitrogens with zero attached hydrogens (tertiary/aromatic N) is 1. The van der Waals surface area contributed by atoms with E-state index >= 15 is 0 Å². The first kappa shape index (κ1) is 20.1. The molecule has 2 N–H and O–H groups in total. The topological polar surface area (TPSA) is 88.1 Å². The van der Waals surface area contributed by atoms with Crippen LogP contribution in [0.3, 0.4) is 0 Å². The Bertz CT molecular complexity index is 760. The molecule has 26 heavy (non-hydrogen) atoms. The van der Waals surface area contributed by atoms with Crippen LogP contribution in [0, 0.1) is 5.92 Å². The van der Waals surface area contributed by atoms with E-state index in [2.05, 4.69) is 21.2 Å². The van der Waals surface area contributed by atoms with Crippen molar-refractivity contribution in [3.8, 4) is 11.5 Å². The lowest BCUT2D eigenvalue weighted by molar-refractivity contribution is -0.140. The highest BCUT2D eigenvalue weighted by atomic mass is 79.9. The Morgan fingerprint density at radius 3 is 2.65 bits per heavy atom. The third-order valence-electron chi connectivity index (χ3n) is 4.13. The van der Waals surface area contributed by atoms with Gasteiger partial charge in [0, 0.05) is 12.7 Å². The maximum absolute atomic E-state index is 12.7. The molecule has 1 aliphatic heterocycles. The first-order chi connectivity index (χ1) is 12.2. The van der Waals surface area contributed by atoms with Crippen LogP contribution in [0.15, 0.2) is 27.9 Å². The fourth-order valence-electron chi connectivity index (χ4n) is 2.59. The quantitative estimate of drug-likeness (QED) is 0.704. The number of aromatic hydroxyl groups is 1. The van der Waals surface area contributed by atoms with Crippen molar-refractivity contribution in [1.82, 2.24) is 10.2 Å². The Hall–Kier alpha value is -2.22. The van der Waals surface area contributed by atoms with Gasteiger partial charge in [-0.15, -0.1) is 0 Å². The number of ether oxygens (including phenoxy) is 2. The number of rotatable bonds is 5. The summed E-state index contributed by atoms with van der Waals surface area (Å²) in [7, 11) is 3.02. The fourth-order valence-corrected chi connectivity index (χ4v) is 3.05. The van der Waals surface area contributed by atoms with Crippen molar-refractivity contribution in [2.24, 2.45) is 5.92 Å². The van der Waals surface area contributed by atoms with Crippen LogP contribution in [0.5, 0.6) is 11.5 Å². The predicted molar refractivity (Wildman–Crippen MR) is 99.9 cm³/mol. The molecule has 1 aromatic carbocycles. The molecule has 0 saturated carbocycles. The number of allylic oxidation sites excluding steroid dienone is 1. The van der Waals surface area contributed by atoms with Crippen LogP contribution in [0.25, 0.3) is 0 Å². The molecule has 8 heteroatoms. The molecular weight excluding hydrogens is 404 g/mol. The number of amides is 2. The highest BCUT2D eigenvalue weighted by Crippen LogP contribution is 2.40. The molecule has 1 aromatic rings. The summed E-state index contributed by atoms with van der Waals surface area (Å²) >= 11 is 3.27. The number of urea groups is 1. The molecule has 0 aliphatic carbocycles. The summed E-state index contributed by atoms with van der Waals surface area (Å²) < 4.78 is 11.0. The van der Waals surface area contributed by atoms with Gasteiger partial charge in [-0.25, -0.2) is 9.59 Å². The van der Waals surface area contributed by atoms with Crippen molar-refractivity contribution in [2.45, 2.75) is 26.8 Å². The second-order valence-corrected chi connectivity index (χ2v) is 7.34. The van der Waals surface area contributed by atoms with Gasteiger partial charge in [-0.05, 0) is 46.5 Å². The number of benzene rings is 1. The number of hydrogen-bond acceptors (Lipinski definition) is 5. The monoisotopic (exact) mass is 426 g/mol. The predicted octanol–water partition coefficient (Wildman–Crippen LogP) is 3.33. The Morgan fingerprint density at radius 2 is 2.08 bits per heavy atom. The number of carbonyl (C=O) groups is 2. The maximum Gasteiger partial charge on any atom is 0.338 e. The molecule has 1 aliphatic rings. The van der Waals surface area contributed by atoms with E-state index in [-0.39, 0.29) is 30.1 Å². The molecule has 0 radical (unpaired) electrons. The van der Waals surface area contributed by atoms with Crippen molar-refractivity contribution < 1.29 is 24.2 Å². The first-order valence-corrected chi connectivity index (χ1v) is 8.95. The third-order valence-corrected chi connectivity index (χ3v) is 4.73. The van der Waals surface area contributed by atoms with E-state index in [1.807, 2.05) is 13.8 Å². The van der Waals surface area contributed by atoms with Crippen molar-refractivity contribution in [3.63, 3.8) is 0 Å². The van der Waals surface area contributed by atoms with Gasteiger partial charge in [0.1, 0.15) is 0 Å². The molecule has 7 nitrogen and oxygen atoms in total. The molecule has 0 saturated heterocycles. The minimum absolute atomic E-state index is 0.0554. The van der Waals surface area contributed by atoms with E-state index in [1.165, 1.54) is 12.0 Å². The molecule has 1 atom stereocenters. The van der Waals surface area contributed by atoms with E-state index < -0.39 is 12.0 Å². The Kier molecular flexibility index (Phi) is 6.17. The van der Waals surface area contributed by atoms with Crippen LogP contribution in [0.1, 0.15) is 32.4 Å². The summed E-state index contributed by atoms with van der Waals surface area (Å²) in [5.41, 5.74) is 1.44. The molecular formula is C18H23BrN2O5. The summed E-state index contributed by atoms with van der Waals surface area (Å²) in [6.07, 6.45) is 0. The molecule has 1 unspecified atom stereocenters. The SMILES string of the molecule is COc1cc(C2NC(=O)N(C)C(C)=C2C(=O)OCC(C)C)cc(Br)c1O. The highest BCUT2D eigenvalue weighted by Gasteiger charge is 2.35. The van der Waals surface area contributed by atoms with Gasteiger partial charge >= 0.3 is 12.0 Å². The number of phenols is 1. The van der Waals surface area contributed by atoms with Crippen LogP contribution in [-0.2, 0) is 9.53 Å². The number of phenolic OH excluding ortho intramolecular Hbond substituents is 1. The van der Waals surface area contributed by atoms with Crippen molar-refractivity contribution in [2.75, 3.05) is 20.8 Å². The normalized spacial score (nSPS) is 17.4. The molecule has 1 heterocycles. The van der Waals surface area contributed by atoms with Gasteiger partial charge in [-0.3, -0.25) is 0 Å². The minimum Gasteiger partial charge on any atom is -0.503 e. The number of hydrogen-bond donors (Lipinski definition) is 2. The average molecular weight is 427 g/mol. The van der Waals surface area contributed by atoms with Crippen LogP contribution in [0.2, 0.25) is 0 Å². The van der Waals surface area contributed by atoms with Gasteiger partial charge in [0.05, 0.1) is 29.8 Å². The van der Waals surface area contributed by atoms with Crippen LogP contribution < -0.4 is 10.1 Å². The smallest absolute Gasteiger partial charge is 0.338 e. The van der Waals surface area contributed by atoms with Crippen molar-refractivity contribution >= 4 is 27.9 Å². The zero-order valence-electron chi connectivity index (χ0n) is 15.4. The maximum atomic E-state index is 12.7. The average Bonchev–Trinajstić information content (AvgIpc) is 2.59. The van der Waals surface area contributed by atoms with Crippen LogP contribution >= 0.6 is 15.9 Å². The Morgan fingerprint density at radius 1 is 1.42 bits per heavy atom. The lowest BCUT2D eigenvalue weighted by Crippen LogP contribution is -2.46. The summed E-state index contributed by atoms with van der Waals surface area (Å²) in [5.74, 6) is -0.122. The van der Waals surface area contributed by atoms with E-state index in [1.54, 1.807) is 26.1 Å². The molecule has 2 rings (SSSR count). The fraction of sp³-hybridized carbons (Fsp3) is 0.444. The minimum atomic E-state index is -0.718. The van der Waals surface area contributed by atoms with Gasteiger partial charge in [0.25, 0.3) is 0 Å². The second-order valence-electron chi connectivity index (χ2n) is 6.49. The number of carbonyl (C=O) groups excluding carboxylic acids is 2. The number of methoxy groups -OCH3 is 1. The van der Waals surface area contributed by atoms with Crippen molar-refractivity contribution in [1.29, 1.82) is 0 Å². The lowest BCUT2D eigenvalue weighted by atomic mass is 9.94. The van der Waals surface area contributed by atoms with E-state index in [9.17, 15) is 14.7 Å². The molecule has 0 aromatic heterocycles. The largest absolute Gasteiger partial charge is 0.503 e. The first-order valence-electron chi connectivity index (χ1n) is 8.15. The van der Waals surface area contributed by atoms with Gasteiger partial charge in [0.2, 0.25) is 0 Å². The molecule has 0 bridgehead atoms. The lowest BCUT2D eigenvalue weighted by Gasteiger charge is -2.33. The molecule has 0 fully saturated rings. The van der Waals surface area contributed by atoms with Crippen LogP contribution in [0.4, 0.5) is 4.79 Å². The van der Waals surface area contributed by atoms with Gasteiger partial charge in [-0.1, -0.05) is 13.8 Å². The van der Waals surface area contributed by atoms with E-state index in [0.29, 0.717) is 21.3 Å². The Labute approximate surface area is 161 Å². The van der Waals surface area contributed by atoms with Crippen molar-refractivity contribution in [3.05, 3.63) is 33.4 Å². The summed E-state index contributed by atoms with van der Waals surface area (Å²) in [4.78, 5) is 26.3. The summed E-state index contributed by atoms with van der Waals surface area (Å²) in [6.45, 7) is 5.87. The Balaban J connectivity index is 2.52. The second kappa shape index (κ2) is 7.99. The highest BCUT2D eigenvalue weighted by molar-refractivity contribution is 9.10. The van der Waals surface area contributed by atoms with Gasteiger partial charge in [0.15, 0.2) is 11.5 Å². The third kappa shape index (κ3) is 3.95. The van der Waals surface area contributed by atoms with Crippen LogP contribution in [-0.4, -0.2) is 42.8 Å².